The van der Waals surface area contributed by atoms with E-state index in [1.165, 1.54) is 0 Å². The molecule has 5 rings (SSSR count). The molecule has 0 unspecified atom stereocenters. The predicted octanol–water partition coefficient (Wildman–Crippen LogP) is 4.03. The van der Waals surface area contributed by atoms with E-state index < -0.39 is 0 Å². The molecule has 8 nitrogen and oxygen atoms in total. The lowest BCUT2D eigenvalue weighted by molar-refractivity contribution is 0.0524. The van der Waals surface area contributed by atoms with Crippen molar-refractivity contribution in [3.63, 3.8) is 0 Å². The van der Waals surface area contributed by atoms with E-state index in [4.69, 9.17) is 10.5 Å². The molecule has 0 radical (unpaired) electrons. The summed E-state index contributed by atoms with van der Waals surface area (Å²) in [5.41, 5.74) is 10.7. The van der Waals surface area contributed by atoms with Gasteiger partial charge in [0.25, 0.3) is 5.91 Å². The maximum absolute atomic E-state index is 13.8. The fourth-order valence-electron chi connectivity index (χ4n) is 4.57. The number of fused-ring (bicyclic) bond motifs is 1. The molecule has 1 aliphatic rings. The Balaban J connectivity index is 1.49. The average Bonchev–Trinajstić information content (AvgIpc) is 3.35. The minimum Gasteiger partial charge on any atom is -0.493 e. The Morgan fingerprint density at radius 3 is 2.86 bits per heavy atom. The summed E-state index contributed by atoms with van der Waals surface area (Å²) in [6.45, 7) is 2.76. The summed E-state index contributed by atoms with van der Waals surface area (Å²) >= 11 is 0. The number of aromatic amines is 1. The van der Waals surface area contributed by atoms with Gasteiger partial charge in [-0.15, -0.1) is 0 Å². The molecule has 2 aromatic heterocycles. The van der Waals surface area contributed by atoms with E-state index >= 15 is 0 Å². The van der Waals surface area contributed by atoms with Crippen molar-refractivity contribution < 1.29 is 9.53 Å². The molecular formula is C27H26N6O2. The highest BCUT2D eigenvalue weighted by Crippen LogP contribution is 2.34. The molecule has 1 fully saturated rings. The first-order valence-electron chi connectivity index (χ1n) is 11.7. The maximum Gasteiger partial charge on any atom is 0.254 e. The zero-order chi connectivity index (χ0) is 24.4. The van der Waals surface area contributed by atoms with E-state index in [1.54, 1.807) is 30.7 Å². The molecule has 1 aliphatic carbocycles. The molecule has 2 aromatic carbocycles. The van der Waals surface area contributed by atoms with Crippen molar-refractivity contribution in [2.45, 2.75) is 38.4 Å². The van der Waals surface area contributed by atoms with Crippen LogP contribution in [0.3, 0.4) is 0 Å². The van der Waals surface area contributed by atoms with Crippen molar-refractivity contribution in [3.05, 3.63) is 77.7 Å². The third kappa shape index (κ3) is 4.46. The Hall–Kier alpha value is -4.22. The number of carbonyl (C=O) groups is 1. The molecule has 35 heavy (non-hydrogen) atoms. The second kappa shape index (κ2) is 9.57. The van der Waals surface area contributed by atoms with Crippen LogP contribution in [0.5, 0.6) is 5.75 Å². The fraction of sp³-hybridized carbons (Fsp3) is 0.259. The van der Waals surface area contributed by atoms with Gasteiger partial charge in [0.05, 0.1) is 30.0 Å². The molecule has 8 heteroatoms. The van der Waals surface area contributed by atoms with Crippen LogP contribution in [-0.2, 0) is 6.54 Å². The Kier molecular flexibility index (Phi) is 6.17. The lowest BCUT2D eigenvalue weighted by Crippen LogP contribution is -2.52. The molecule has 0 bridgehead atoms. The van der Waals surface area contributed by atoms with Crippen LogP contribution in [0.25, 0.3) is 22.0 Å². The minimum atomic E-state index is -0.0864. The molecule has 4 aromatic rings. The predicted molar refractivity (Wildman–Crippen MR) is 133 cm³/mol. The number of aromatic nitrogens is 3. The Bertz CT molecular complexity index is 1420. The number of nitrogens with one attached hydrogen (secondary N) is 1. The number of nitrogens with zero attached hydrogens (tertiary/aromatic N) is 4. The SMILES string of the molecule is CCOc1cc(C(=O)N(Cc2cncc3cn[nH]c23)C2CC(N)C2)ccc1-c1cccc(C#N)c1. The Morgan fingerprint density at radius 2 is 2.09 bits per heavy atom. The average molecular weight is 467 g/mol. The van der Waals surface area contributed by atoms with Gasteiger partial charge >= 0.3 is 0 Å². The molecule has 0 spiro atoms. The highest BCUT2D eigenvalue weighted by atomic mass is 16.5. The van der Waals surface area contributed by atoms with E-state index in [2.05, 4.69) is 21.3 Å². The number of benzene rings is 2. The number of carbonyl (C=O) groups excluding carboxylic acids is 1. The summed E-state index contributed by atoms with van der Waals surface area (Å²) in [5, 5.41) is 17.3. The van der Waals surface area contributed by atoms with Crippen molar-refractivity contribution in [2.24, 2.45) is 5.73 Å². The quantitative estimate of drug-likeness (QED) is 0.424. The van der Waals surface area contributed by atoms with Crippen LogP contribution >= 0.6 is 0 Å². The van der Waals surface area contributed by atoms with Gasteiger partial charge in [-0.1, -0.05) is 12.1 Å². The van der Waals surface area contributed by atoms with Gasteiger partial charge in [0.2, 0.25) is 0 Å². The molecule has 3 N–H and O–H groups in total. The lowest BCUT2D eigenvalue weighted by atomic mass is 9.85. The summed E-state index contributed by atoms with van der Waals surface area (Å²) in [6.07, 6.45) is 6.77. The van der Waals surface area contributed by atoms with Gasteiger partial charge in [0, 0.05) is 53.1 Å². The van der Waals surface area contributed by atoms with E-state index in [1.807, 2.05) is 42.2 Å². The minimum absolute atomic E-state index is 0.0539. The van der Waals surface area contributed by atoms with Crippen LogP contribution in [0.2, 0.25) is 0 Å². The van der Waals surface area contributed by atoms with E-state index in [0.717, 1.165) is 40.4 Å². The lowest BCUT2D eigenvalue weighted by Gasteiger charge is -2.41. The van der Waals surface area contributed by atoms with Crippen molar-refractivity contribution in [3.8, 4) is 22.9 Å². The number of hydrogen-bond donors (Lipinski definition) is 2. The standard InChI is InChI=1S/C27H26N6O2/c1-2-35-25-9-19(6-7-24(25)18-5-3-4-17(8-18)12-28)27(34)33(23-10-22(29)11-23)16-21-14-30-13-20-15-31-32-26(20)21/h3-9,13-15,22-23H,2,10-11,16,29H2,1H3,(H,31,32). The first kappa shape index (κ1) is 22.6. The first-order chi connectivity index (χ1) is 17.1. The number of hydrogen-bond acceptors (Lipinski definition) is 6. The third-order valence-corrected chi connectivity index (χ3v) is 6.46. The molecule has 1 saturated carbocycles. The second-order valence-corrected chi connectivity index (χ2v) is 8.79. The van der Waals surface area contributed by atoms with Crippen LogP contribution in [0.15, 0.2) is 61.1 Å². The zero-order valence-corrected chi connectivity index (χ0v) is 19.4. The van der Waals surface area contributed by atoms with E-state index in [0.29, 0.717) is 30.0 Å². The molecule has 0 aliphatic heterocycles. The number of ether oxygens (including phenoxy) is 1. The van der Waals surface area contributed by atoms with Gasteiger partial charge in [0.1, 0.15) is 5.75 Å². The molecule has 176 valence electrons. The highest BCUT2D eigenvalue weighted by Gasteiger charge is 2.35. The van der Waals surface area contributed by atoms with Crippen LogP contribution in [0, 0.1) is 11.3 Å². The van der Waals surface area contributed by atoms with Crippen molar-refractivity contribution in [2.75, 3.05) is 6.61 Å². The summed E-state index contributed by atoms with van der Waals surface area (Å²) in [6, 6.07) is 15.2. The number of amides is 1. The van der Waals surface area contributed by atoms with Gasteiger partial charge in [-0.25, -0.2) is 0 Å². The molecule has 0 atom stereocenters. The number of rotatable bonds is 7. The van der Waals surface area contributed by atoms with Crippen molar-refractivity contribution in [1.82, 2.24) is 20.1 Å². The van der Waals surface area contributed by atoms with Gasteiger partial charge in [0.15, 0.2) is 0 Å². The van der Waals surface area contributed by atoms with Gasteiger partial charge in [-0.3, -0.25) is 14.9 Å². The number of nitriles is 1. The monoisotopic (exact) mass is 466 g/mol. The first-order valence-corrected chi connectivity index (χ1v) is 11.7. The second-order valence-electron chi connectivity index (χ2n) is 8.79. The number of nitrogens with two attached hydrogens (primary N) is 1. The molecule has 2 heterocycles. The summed E-state index contributed by atoms with van der Waals surface area (Å²) < 4.78 is 5.92. The summed E-state index contributed by atoms with van der Waals surface area (Å²) in [5.74, 6) is 0.521. The number of pyridine rings is 1. The number of H-pyrrole nitrogens is 1. The third-order valence-electron chi connectivity index (χ3n) is 6.46. The van der Waals surface area contributed by atoms with Crippen LogP contribution < -0.4 is 10.5 Å². The fourth-order valence-corrected chi connectivity index (χ4v) is 4.57. The van der Waals surface area contributed by atoms with Gasteiger partial charge in [-0.2, -0.15) is 10.4 Å². The summed E-state index contributed by atoms with van der Waals surface area (Å²) in [7, 11) is 0. The normalized spacial score (nSPS) is 16.9. The van der Waals surface area contributed by atoms with Gasteiger partial charge < -0.3 is 15.4 Å². The van der Waals surface area contributed by atoms with E-state index in [-0.39, 0.29) is 18.0 Å². The Labute approximate surface area is 203 Å². The Morgan fingerprint density at radius 1 is 1.23 bits per heavy atom. The van der Waals surface area contributed by atoms with Crippen LogP contribution in [0.1, 0.15) is 41.3 Å². The van der Waals surface area contributed by atoms with Crippen LogP contribution in [0.4, 0.5) is 0 Å². The molecule has 1 amide bonds. The summed E-state index contributed by atoms with van der Waals surface area (Å²) in [4.78, 5) is 20.0. The molecule has 0 saturated heterocycles. The molecular weight excluding hydrogens is 440 g/mol. The largest absolute Gasteiger partial charge is 0.493 e. The van der Waals surface area contributed by atoms with E-state index in [9.17, 15) is 10.1 Å². The van der Waals surface area contributed by atoms with Gasteiger partial charge in [-0.05, 0) is 55.7 Å². The topological polar surface area (TPSA) is 121 Å². The van der Waals surface area contributed by atoms with Crippen molar-refractivity contribution in [1.29, 1.82) is 5.26 Å². The van der Waals surface area contributed by atoms with Crippen molar-refractivity contribution >= 4 is 16.8 Å². The smallest absolute Gasteiger partial charge is 0.254 e. The van der Waals surface area contributed by atoms with Crippen LogP contribution in [-0.4, -0.2) is 44.7 Å². The maximum atomic E-state index is 13.8. The zero-order valence-electron chi connectivity index (χ0n) is 19.4. The highest BCUT2D eigenvalue weighted by molar-refractivity contribution is 5.96.